The highest BCUT2D eigenvalue weighted by molar-refractivity contribution is 5.40. The number of hydrogen-bond donors (Lipinski definition) is 1. The van der Waals surface area contributed by atoms with Crippen molar-refractivity contribution in [2.45, 2.75) is 31.8 Å². The van der Waals surface area contributed by atoms with Gasteiger partial charge in [-0.05, 0) is 36.8 Å². The number of aromatic nitrogens is 2. The summed E-state index contributed by atoms with van der Waals surface area (Å²) in [5.74, 6) is 0.496. The molecule has 0 fully saturated rings. The van der Waals surface area contributed by atoms with E-state index >= 15 is 0 Å². The second-order valence-corrected chi connectivity index (χ2v) is 5.16. The molecule has 3 heteroatoms. The van der Waals surface area contributed by atoms with Gasteiger partial charge in [0.25, 0.3) is 0 Å². The van der Waals surface area contributed by atoms with Gasteiger partial charge in [0.05, 0.1) is 12.3 Å². The number of nitrogens with zero attached hydrogens (tertiary/aromatic N) is 2. The van der Waals surface area contributed by atoms with Gasteiger partial charge >= 0.3 is 0 Å². The van der Waals surface area contributed by atoms with E-state index in [4.69, 9.17) is 0 Å². The molecule has 0 spiro atoms. The van der Waals surface area contributed by atoms with Crippen molar-refractivity contribution in [3.05, 3.63) is 52.8 Å². The molecule has 2 atom stereocenters. The maximum Gasteiger partial charge on any atom is 0.0829 e. The van der Waals surface area contributed by atoms with Crippen LogP contribution < -0.4 is 0 Å². The lowest BCUT2D eigenvalue weighted by Gasteiger charge is -2.31. The summed E-state index contributed by atoms with van der Waals surface area (Å²) < 4.78 is 1.81. The van der Waals surface area contributed by atoms with E-state index in [0.29, 0.717) is 5.92 Å². The number of aryl methyl sites for hydroxylation is 1. The Bertz CT molecular complexity index is 574. The lowest BCUT2D eigenvalue weighted by atomic mass is 9.74. The van der Waals surface area contributed by atoms with Crippen LogP contribution in [0.5, 0.6) is 0 Å². The molecule has 1 N–H and O–H groups in total. The van der Waals surface area contributed by atoms with Gasteiger partial charge in [0.2, 0.25) is 0 Å². The van der Waals surface area contributed by atoms with Crippen LogP contribution in [0.4, 0.5) is 0 Å². The summed E-state index contributed by atoms with van der Waals surface area (Å²) in [6.07, 6.45) is 3.26. The maximum absolute atomic E-state index is 10.3. The van der Waals surface area contributed by atoms with Gasteiger partial charge in [0, 0.05) is 18.3 Å². The van der Waals surface area contributed by atoms with Crippen molar-refractivity contribution in [2.75, 3.05) is 0 Å². The largest absolute Gasteiger partial charge is 0.388 e. The third kappa shape index (κ3) is 1.75. The third-order valence-electron chi connectivity index (χ3n) is 4.10. The first-order chi connectivity index (χ1) is 8.66. The fourth-order valence-electron chi connectivity index (χ4n) is 2.81. The SMILES string of the molecule is Cc1c(C(O)CC2Cc3ccccc32)cnn1C. The summed E-state index contributed by atoms with van der Waals surface area (Å²) in [5.41, 5.74) is 4.84. The van der Waals surface area contributed by atoms with Crippen molar-refractivity contribution in [1.29, 1.82) is 0 Å². The monoisotopic (exact) mass is 242 g/mol. The summed E-state index contributed by atoms with van der Waals surface area (Å²) in [7, 11) is 1.91. The lowest BCUT2D eigenvalue weighted by Crippen LogP contribution is -2.19. The highest BCUT2D eigenvalue weighted by atomic mass is 16.3. The van der Waals surface area contributed by atoms with E-state index < -0.39 is 6.10 Å². The van der Waals surface area contributed by atoms with E-state index in [1.807, 2.05) is 18.7 Å². The van der Waals surface area contributed by atoms with Gasteiger partial charge in [-0.25, -0.2) is 0 Å². The van der Waals surface area contributed by atoms with E-state index in [1.54, 1.807) is 6.20 Å². The average molecular weight is 242 g/mol. The van der Waals surface area contributed by atoms with Crippen LogP contribution in [0.25, 0.3) is 0 Å². The molecule has 0 saturated heterocycles. The second-order valence-electron chi connectivity index (χ2n) is 5.16. The van der Waals surface area contributed by atoms with Gasteiger partial charge in [-0.15, -0.1) is 0 Å². The highest BCUT2D eigenvalue weighted by Gasteiger charge is 2.28. The van der Waals surface area contributed by atoms with Crippen molar-refractivity contribution < 1.29 is 5.11 Å². The first kappa shape index (κ1) is 11.5. The number of fused-ring (bicyclic) bond motifs is 1. The van der Waals surface area contributed by atoms with E-state index in [-0.39, 0.29) is 0 Å². The van der Waals surface area contributed by atoms with Gasteiger partial charge in [-0.3, -0.25) is 4.68 Å². The van der Waals surface area contributed by atoms with Gasteiger partial charge < -0.3 is 5.11 Å². The zero-order valence-electron chi connectivity index (χ0n) is 10.8. The van der Waals surface area contributed by atoms with Crippen molar-refractivity contribution in [2.24, 2.45) is 7.05 Å². The molecule has 1 aliphatic rings. The van der Waals surface area contributed by atoms with Crippen LogP contribution in [0.15, 0.2) is 30.5 Å². The highest BCUT2D eigenvalue weighted by Crippen LogP contribution is 2.40. The van der Waals surface area contributed by atoms with E-state index in [9.17, 15) is 5.11 Å². The van der Waals surface area contributed by atoms with E-state index in [1.165, 1.54) is 11.1 Å². The molecule has 0 aliphatic heterocycles. The van der Waals surface area contributed by atoms with Crippen LogP contribution in [-0.4, -0.2) is 14.9 Å². The molecule has 1 aliphatic carbocycles. The van der Waals surface area contributed by atoms with Crippen LogP contribution in [0.2, 0.25) is 0 Å². The van der Waals surface area contributed by atoms with Crippen LogP contribution in [0.3, 0.4) is 0 Å². The predicted molar refractivity (Wildman–Crippen MR) is 70.4 cm³/mol. The van der Waals surface area contributed by atoms with Crippen LogP contribution in [0.1, 0.15) is 40.8 Å². The Labute approximate surface area is 107 Å². The van der Waals surface area contributed by atoms with Crippen molar-refractivity contribution in [3.8, 4) is 0 Å². The number of benzene rings is 1. The summed E-state index contributed by atoms with van der Waals surface area (Å²) in [6.45, 7) is 2.00. The molecule has 0 bridgehead atoms. The molecular formula is C15H18N2O. The first-order valence-electron chi connectivity index (χ1n) is 6.41. The Hall–Kier alpha value is -1.61. The van der Waals surface area contributed by atoms with E-state index in [2.05, 4.69) is 29.4 Å². The molecule has 18 heavy (non-hydrogen) atoms. The van der Waals surface area contributed by atoms with Gasteiger partial charge in [-0.2, -0.15) is 5.10 Å². The molecule has 1 heterocycles. The first-order valence-corrected chi connectivity index (χ1v) is 6.41. The van der Waals surface area contributed by atoms with E-state index in [0.717, 1.165) is 24.1 Å². The molecule has 0 saturated carbocycles. The predicted octanol–water partition coefficient (Wildman–Crippen LogP) is 2.49. The molecule has 3 rings (SSSR count). The minimum absolute atomic E-state index is 0.406. The average Bonchev–Trinajstić information content (AvgIpc) is 2.67. The Balaban J connectivity index is 1.74. The molecule has 1 aromatic heterocycles. The fraction of sp³-hybridized carbons (Fsp3) is 0.400. The van der Waals surface area contributed by atoms with Crippen molar-refractivity contribution in [1.82, 2.24) is 9.78 Å². The van der Waals surface area contributed by atoms with Crippen molar-refractivity contribution in [3.63, 3.8) is 0 Å². The molecule has 3 nitrogen and oxygen atoms in total. The minimum atomic E-state index is -0.406. The topological polar surface area (TPSA) is 38.1 Å². The Kier molecular flexibility index (Phi) is 2.71. The normalized spacial score (nSPS) is 19.2. The molecule has 2 aromatic rings. The zero-order chi connectivity index (χ0) is 12.7. The Morgan fingerprint density at radius 1 is 1.44 bits per heavy atom. The molecule has 94 valence electrons. The second kappa shape index (κ2) is 4.25. The van der Waals surface area contributed by atoms with Gasteiger partial charge in [0.1, 0.15) is 0 Å². The van der Waals surface area contributed by atoms with Crippen LogP contribution in [0, 0.1) is 6.92 Å². The third-order valence-corrected chi connectivity index (χ3v) is 4.10. The number of rotatable bonds is 3. The maximum atomic E-state index is 10.3. The molecule has 1 aromatic carbocycles. The molecule has 0 amide bonds. The molecule has 2 unspecified atom stereocenters. The lowest BCUT2D eigenvalue weighted by molar-refractivity contribution is 0.153. The summed E-state index contributed by atoms with van der Waals surface area (Å²) in [5, 5.41) is 14.5. The van der Waals surface area contributed by atoms with Crippen molar-refractivity contribution >= 4 is 0 Å². The molecule has 0 radical (unpaired) electrons. The van der Waals surface area contributed by atoms with Crippen LogP contribution in [-0.2, 0) is 13.5 Å². The fourth-order valence-corrected chi connectivity index (χ4v) is 2.81. The Morgan fingerprint density at radius 2 is 2.22 bits per heavy atom. The minimum Gasteiger partial charge on any atom is -0.388 e. The van der Waals surface area contributed by atoms with Gasteiger partial charge in [0.15, 0.2) is 0 Å². The van der Waals surface area contributed by atoms with Crippen LogP contribution >= 0.6 is 0 Å². The number of aliphatic hydroxyl groups is 1. The smallest absolute Gasteiger partial charge is 0.0829 e. The number of aliphatic hydroxyl groups excluding tert-OH is 1. The Morgan fingerprint density at radius 3 is 2.89 bits per heavy atom. The zero-order valence-corrected chi connectivity index (χ0v) is 10.8. The summed E-state index contributed by atoms with van der Waals surface area (Å²) in [6, 6.07) is 8.50. The summed E-state index contributed by atoms with van der Waals surface area (Å²) in [4.78, 5) is 0. The number of hydrogen-bond acceptors (Lipinski definition) is 2. The standard InChI is InChI=1S/C15H18N2O/c1-10-14(9-16-17(10)2)15(18)8-12-7-11-5-3-4-6-13(11)12/h3-6,9,12,15,18H,7-8H2,1-2H3. The quantitative estimate of drug-likeness (QED) is 0.898. The summed E-state index contributed by atoms with van der Waals surface area (Å²) >= 11 is 0. The van der Waals surface area contributed by atoms with Gasteiger partial charge in [-0.1, -0.05) is 24.3 Å². The molecular weight excluding hydrogens is 224 g/mol.